The Morgan fingerprint density at radius 1 is 1.02 bits per heavy atom. The summed E-state index contributed by atoms with van der Waals surface area (Å²) in [6.45, 7) is 4.64. The summed E-state index contributed by atoms with van der Waals surface area (Å²) in [4.78, 5) is 58.1. The van der Waals surface area contributed by atoms with Crippen molar-refractivity contribution in [3.05, 3.63) is 64.2 Å². The molecule has 0 bridgehead atoms. The van der Waals surface area contributed by atoms with E-state index in [1.54, 1.807) is 0 Å². The van der Waals surface area contributed by atoms with E-state index in [0.29, 0.717) is 45.2 Å². The van der Waals surface area contributed by atoms with Crippen molar-refractivity contribution >= 4 is 30.2 Å². The first-order chi connectivity index (χ1) is 21.4. The topological polar surface area (TPSA) is 142 Å². The summed E-state index contributed by atoms with van der Waals surface area (Å²) in [5.41, 5.74) is 3.56. The van der Waals surface area contributed by atoms with Crippen LogP contribution in [-0.2, 0) is 30.4 Å². The number of ketones is 1. The smallest absolute Gasteiger partial charge is 0.311 e. The number of likely N-dealkylation sites (tertiary alicyclic amines) is 1. The molecule has 2 amide bonds. The minimum atomic E-state index is -1.73. The highest BCUT2D eigenvalue weighted by molar-refractivity contribution is 6.35. The number of hydrogen-bond acceptors (Lipinski definition) is 8. The average molecular weight is 642 g/mol. The largest absolute Gasteiger partial charge is 0.479 e. The van der Waals surface area contributed by atoms with Crippen LogP contribution in [0.1, 0.15) is 36.0 Å². The molecule has 0 saturated carbocycles. The molecule has 1 saturated heterocycles. The van der Waals surface area contributed by atoms with E-state index in [4.69, 9.17) is 5.11 Å². The second kappa shape index (κ2) is 20.0. The average Bonchev–Trinajstić information content (AvgIpc) is 3.05. The lowest BCUT2D eigenvalue weighted by Crippen LogP contribution is -2.47. The number of halogens is 4. The van der Waals surface area contributed by atoms with Gasteiger partial charge in [-0.15, -0.1) is 0 Å². The van der Waals surface area contributed by atoms with Crippen molar-refractivity contribution in [3.8, 4) is 5.75 Å². The Morgan fingerprint density at radius 2 is 1.62 bits per heavy atom. The highest BCUT2D eigenvalue weighted by Crippen LogP contribution is 2.26. The standard InChI is InChI=1S/C18H24N2O3.C12H11F4NO3.CH4O/c1-13-3-4-14(2)16(11-13)5-8-19-17(22)18(23)20-9-6-15(12-21)7-10-20;1-17-8(2-3-18)9(19)5-20-12-10(15)6(13)4-7(14)11(12)16;1-2/h3-4,11-12,15H,5-10H2,1-2H3,(H,19,22);3-4,8,17H,2,5H2,1H3;2H,1H3. The number of carbonyl (C=O) groups is 5. The molecule has 0 radical (unpaired) electrons. The van der Waals surface area contributed by atoms with Gasteiger partial charge >= 0.3 is 11.8 Å². The highest BCUT2D eigenvalue weighted by atomic mass is 19.2. The SMILES string of the molecule is CNC(CC=O)C(=O)COc1c(F)c(F)cc(F)c1F.CO.Cc1ccc(C)c(CCNC(=O)C(=O)N2CCC(C=O)CC2)c1. The number of aldehydes is 2. The van der Waals surface area contributed by atoms with Gasteiger partial charge in [0, 0.05) is 45.1 Å². The van der Waals surface area contributed by atoms with Crippen LogP contribution in [-0.4, -0.2) is 86.6 Å². The maximum atomic E-state index is 13.2. The Hall–Kier alpha value is -4.17. The number of aryl methyl sites for hydroxylation is 2. The van der Waals surface area contributed by atoms with Gasteiger partial charge in [-0.1, -0.05) is 23.8 Å². The first-order valence-electron chi connectivity index (χ1n) is 14.1. The number of Topliss-reactive ketones (excluding diaryl/α,β-unsaturated/α-hetero) is 1. The number of likely N-dealkylation sites (N-methyl/N-ethyl adjacent to an activating group) is 1. The normalized spacial score (nSPS) is 13.3. The van der Waals surface area contributed by atoms with Crippen molar-refractivity contribution in [2.45, 2.75) is 45.6 Å². The van der Waals surface area contributed by atoms with Gasteiger partial charge in [-0.05, 0) is 51.3 Å². The van der Waals surface area contributed by atoms with E-state index in [9.17, 15) is 41.5 Å². The van der Waals surface area contributed by atoms with Crippen molar-refractivity contribution in [1.29, 1.82) is 0 Å². The molecule has 1 fully saturated rings. The molecule has 2 aromatic carbocycles. The molecule has 3 rings (SSSR count). The first-order valence-corrected chi connectivity index (χ1v) is 14.1. The van der Waals surface area contributed by atoms with Crippen molar-refractivity contribution in [3.63, 3.8) is 0 Å². The number of nitrogens with zero attached hydrogens (tertiary/aromatic N) is 1. The van der Waals surface area contributed by atoms with Crippen molar-refractivity contribution in [2.24, 2.45) is 5.92 Å². The summed E-state index contributed by atoms with van der Waals surface area (Å²) in [7, 11) is 2.40. The van der Waals surface area contributed by atoms with Crippen LogP contribution in [0, 0.1) is 43.0 Å². The second-order valence-corrected chi connectivity index (χ2v) is 10.00. The number of benzene rings is 2. The zero-order valence-electron chi connectivity index (χ0n) is 25.6. The molecule has 14 heteroatoms. The van der Waals surface area contributed by atoms with Gasteiger partial charge < -0.3 is 35.0 Å². The zero-order chi connectivity index (χ0) is 34.1. The van der Waals surface area contributed by atoms with E-state index >= 15 is 0 Å². The summed E-state index contributed by atoms with van der Waals surface area (Å²) >= 11 is 0. The Bertz CT molecular complexity index is 1290. The number of piperidine rings is 1. The summed E-state index contributed by atoms with van der Waals surface area (Å²) in [6, 6.07) is 5.35. The van der Waals surface area contributed by atoms with Crippen LogP contribution in [0.2, 0.25) is 0 Å². The molecule has 2 aromatic rings. The third-order valence-electron chi connectivity index (χ3n) is 6.90. The van der Waals surface area contributed by atoms with Crippen LogP contribution >= 0.6 is 0 Å². The Morgan fingerprint density at radius 3 is 2.16 bits per heavy atom. The van der Waals surface area contributed by atoms with Gasteiger partial charge in [-0.2, -0.15) is 8.78 Å². The predicted molar refractivity (Wildman–Crippen MR) is 156 cm³/mol. The molecule has 3 N–H and O–H groups in total. The number of nitrogens with one attached hydrogen (secondary N) is 2. The Labute approximate surface area is 259 Å². The van der Waals surface area contributed by atoms with Gasteiger partial charge in [-0.25, -0.2) is 8.78 Å². The quantitative estimate of drug-likeness (QED) is 0.147. The third kappa shape index (κ3) is 12.0. The van der Waals surface area contributed by atoms with E-state index in [0.717, 1.165) is 13.4 Å². The number of amides is 2. The van der Waals surface area contributed by atoms with Gasteiger partial charge in [-0.3, -0.25) is 14.4 Å². The fourth-order valence-corrected chi connectivity index (χ4v) is 4.27. The fraction of sp³-hybridized carbons (Fsp3) is 0.452. The number of carbonyl (C=O) groups excluding carboxylic acids is 5. The van der Waals surface area contributed by atoms with Crippen LogP contribution in [0.5, 0.6) is 5.75 Å². The maximum absolute atomic E-state index is 13.2. The lowest BCUT2D eigenvalue weighted by molar-refractivity contribution is -0.146. The second-order valence-electron chi connectivity index (χ2n) is 10.00. The van der Waals surface area contributed by atoms with Crippen LogP contribution in [0.15, 0.2) is 24.3 Å². The van der Waals surface area contributed by atoms with Crippen LogP contribution < -0.4 is 15.4 Å². The molecule has 0 spiro atoms. The molecule has 1 atom stereocenters. The summed E-state index contributed by atoms with van der Waals surface area (Å²) < 4.78 is 56.7. The van der Waals surface area contributed by atoms with Gasteiger partial charge in [0.2, 0.25) is 11.6 Å². The van der Waals surface area contributed by atoms with E-state index < -0.39 is 59.3 Å². The predicted octanol–water partition coefficient (Wildman–Crippen LogP) is 2.38. The van der Waals surface area contributed by atoms with Crippen LogP contribution in [0.25, 0.3) is 0 Å². The Balaban J connectivity index is 0.000000431. The third-order valence-corrected chi connectivity index (χ3v) is 6.90. The molecular formula is C31H39F4N3O7. The molecule has 248 valence electrons. The van der Waals surface area contributed by atoms with Gasteiger partial charge in [0.05, 0.1) is 6.04 Å². The molecule has 10 nitrogen and oxygen atoms in total. The van der Waals surface area contributed by atoms with E-state index in [2.05, 4.69) is 33.6 Å². The first kappa shape index (κ1) is 38.9. The van der Waals surface area contributed by atoms with Gasteiger partial charge in [0.15, 0.2) is 23.2 Å². The molecule has 1 aliphatic rings. The highest BCUT2D eigenvalue weighted by Gasteiger charge is 2.27. The zero-order valence-corrected chi connectivity index (χ0v) is 25.6. The minimum absolute atomic E-state index is 0.0198. The lowest BCUT2D eigenvalue weighted by Gasteiger charge is -2.29. The van der Waals surface area contributed by atoms with E-state index in [1.165, 1.54) is 28.6 Å². The Kier molecular flexibility index (Phi) is 17.2. The summed E-state index contributed by atoms with van der Waals surface area (Å²) in [5, 5.41) is 12.2. The number of hydrogen-bond donors (Lipinski definition) is 3. The van der Waals surface area contributed by atoms with Crippen LogP contribution in [0.3, 0.4) is 0 Å². The minimum Gasteiger partial charge on any atom is -0.479 e. The lowest BCUT2D eigenvalue weighted by atomic mass is 9.98. The fourth-order valence-electron chi connectivity index (χ4n) is 4.27. The van der Waals surface area contributed by atoms with E-state index in [1.807, 2.05) is 13.8 Å². The number of aliphatic hydroxyl groups is 1. The van der Waals surface area contributed by atoms with Crippen molar-refractivity contribution < 1.29 is 51.4 Å². The van der Waals surface area contributed by atoms with Crippen LogP contribution in [0.4, 0.5) is 17.6 Å². The summed E-state index contributed by atoms with van der Waals surface area (Å²) in [6.07, 6.45) is 3.24. The molecule has 0 aromatic heterocycles. The molecule has 0 aliphatic carbocycles. The van der Waals surface area contributed by atoms with Gasteiger partial charge in [0.25, 0.3) is 0 Å². The molecule has 1 aliphatic heterocycles. The molecule has 1 heterocycles. The molecule has 45 heavy (non-hydrogen) atoms. The summed E-state index contributed by atoms with van der Waals surface area (Å²) in [5.74, 6) is -9.75. The monoisotopic (exact) mass is 641 g/mol. The van der Waals surface area contributed by atoms with E-state index in [-0.39, 0.29) is 18.4 Å². The van der Waals surface area contributed by atoms with Crippen molar-refractivity contribution in [1.82, 2.24) is 15.5 Å². The molecule has 1 unspecified atom stereocenters. The number of rotatable bonds is 11. The van der Waals surface area contributed by atoms with Crippen molar-refractivity contribution in [2.75, 3.05) is 40.4 Å². The maximum Gasteiger partial charge on any atom is 0.311 e. The van der Waals surface area contributed by atoms with Gasteiger partial charge in [0.1, 0.15) is 19.2 Å². The molecular weight excluding hydrogens is 602 g/mol. The number of ether oxygens (including phenoxy) is 1. The number of aliphatic hydroxyl groups excluding tert-OH is 1.